The minimum atomic E-state index is -1.78. The molecule has 0 amide bonds. The van der Waals surface area contributed by atoms with Crippen molar-refractivity contribution in [2.24, 2.45) is 0 Å². The number of hydrogen-bond acceptors (Lipinski definition) is 4. The molecule has 1 saturated heterocycles. The SMILES string of the molecule is COC(=O)C1(C(=O)c2ccccc2)OC1[Si](C)(C)C. The Balaban J connectivity index is 2.38. The van der Waals surface area contributed by atoms with Gasteiger partial charge < -0.3 is 9.47 Å². The fraction of sp³-hybridized carbons (Fsp3) is 0.429. The quantitative estimate of drug-likeness (QED) is 0.278. The van der Waals surface area contributed by atoms with Crippen LogP contribution in [0, 0.1) is 0 Å². The monoisotopic (exact) mass is 278 g/mol. The van der Waals surface area contributed by atoms with Crippen molar-refractivity contribution in [3.05, 3.63) is 35.9 Å². The molecule has 102 valence electrons. The Morgan fingerprint density at radius 2 is 1.79 bits per heavy atom. The van der Waals surface area contributed by atoms with Gasteiger partial charge in [0.1, 0.15) is 0 Å². The molecule has 19 heavy (non-hydrogen) atoms. The summed E-state index contributed by atoms with van der Waals surface area (Å²) >= 11 is 0. The molecule has 5 heteroatoms. The highest BCUT2D eigenvalue weighted by Crippen LogP contribution is 2.45. The number of Topliss-reactive ketones (excluding diaryl/α,β-unsaturated/α-hetero) is 1. The first kappa shape index (κ1) is 14.0. The van der Waals surface area contributed by atoms with Crippen LogP contribution in [-0.4, -0.2) is 38.3 Å². The zero-order chi connectivity index (χ0) is 14.3. The van der Waals surface area contributed by atoms with Gasteiger partial charge in [0, 0.05) is 5.56 Å². The van der Waals surface area contributed by atoms with E-state index in [1.54, 1.807) is 24.3 Å². The number of carbonyl (C=O) groups excluding carboxylic acids is 2. The first-order chi connectivity index (χ1) is 8.84. The predicted molar refractivity (Wildman–Crippen MR) is 73.7 cm³/mol. The fourth-order valence-corrected chi connectivity index (χ4v) is 4.32. The summed E-state index contributed by atoms with van der Waals surface area (Å²) in [4.78, 5) is 24.6. The Morgan fingerprint density at radius 1 is 1.21 bits per heavy atom. The third kappa shape index (κ3) is 2.24. The molecule has 1 aliphatic rings. The Kier molecular flexibility index (Phi) is 3.36. The van der Waals surface area contributed by atoms with Gasteiger partial charge >= 0.3 is 5.97 Å². The van der Waals surface area contributed by atoms with Crippen LogP contribution >= 0.6 is 0 Å². The number of rotatable bonds is 4. The molecule has 1 aromatic carbocycles. The van der Waals surface area contributed by atoms with Crippen LogP contribution in [0.5, 0.6) is 0 Å². The molecule has 0 aliphatic carbocycles. The van der Waals surface area contributed by atoms with E-state index >= 15 is 0 Å². The van der Waals surface area contributed by atoms with Crippen LogP contribution in [0.4, 0.5) is 0 Å². The van der Waals surface area contributed by atoms with Gasteiger partial charge in [-0.15, -0.1) is 0 Å². The summed E-state index contributed by atoms with van der Waals surface area (Å²) in [6, 6.07) is 8.74. The minimum Gasteiger partial charge on any atom is -0.466 e. The van der Waals surface area contributed by atoms with Gasteiger partial charge in [-0.2, -0.15) is 0 Å². The predicted octanol–water partition coefficient (Wildman–Crippen LogP) is 2.06. The number of ether oxygens (including phenoxy) is 2. The molecule has 2 rings (SSSR count). The molecule has 0 saturated carbocycles. The lowest BCUT2D eigenvalue weighted by Gasteiger charge is -2.16. The maximum atomic E-state index is 12.6. The first-order valence-electron chi connectivity index (χ1n) is 6.20. The molecule has 1 fully saturated rings. The molecule has 4 nitrogen and oxygen atoms in total. The molecule has 1 aliphatic heterocycles. The summed E-state index contributed by atoms with van der Waals surface area (Å²) in [5, 5.41) is 0. The van der Waals surface area contributed by atoms with Crippen molar-refractivity contribution in [1.82, 2.24) is 0 Å². The van der Waals surface area contributed by atoms with Crippen molar-refractivity contribution in [3.63, 3.8) is 0 Å². The zero-order valence-electron chi connectivity index (χ0n) is 11.6. The van der Waals surface area contributed by atoms with Crippen molar-refractivity contribution in [1.29, 1.82) is 0 Å². The summed E-state index contributed by atoms with van der Waals surface area (Å²) < 4.78 is 10.4. The number of benzene rings is 1. The number of hydrogen-bond donors (Lipinski definition) is 0. The summed E-state index contributed by atoms with van der Waals surface area (Å²) in [5.74, 6) is -0.888. The van der Waals surface area contributed by atoms with E-state index in [1.165, 1.54) is 7.11 Å². The molecule has 0 N–H and O–H groups in total. The van der Waals surface area contributed by atoms with E-state index in [0.29, 0.717) is 5.56 Å². The highest BCUT2D eigenvalue weighted by atomic mass is 28.3. The average molecular weight is 278 g/mol. The maximum Gasteiger partial charge on any atom is 0.348 e. The van der Waals surface area contributed by atoms with Gasteiger partial charge in [-0.1, -0.05) is 50.0 Å². The number of epoxide rings is 1. The van der Waals surface area contributed by atoms with E-state index in [-0.39, 0.29) is 11.5 Å². The van der Waals surface area contributed by atoms with Crippen LogP contribution in [0.25, 0.3) is 0 Å². The molecule has 0 spiro atoms. The molecular weight excluding hydrogens is 260 g/mol. The van der Waals surface area contributed by atoms with E-state index in [1.807, 2.05) is 6.07 Å². The molecule has 0 bridgehead atoms. The van der Waals surface area contributed by atoms with Crippen LogP contribution in [-0.2, 0) is 14.3 Å². The van der Waals surface area contributed by atoms with E-state index < -0.39 is 19.6 Å². The second kappa shape index (κ2) is 4.58. The van der Waals surface area contributed by atoms with Gasteiger partial charge in [0.05, 0.1) is 20.9 Å². The summed E-state index contributed by atoms with van der Waals surface area (Å²) in [7, 11) is -0.494. The number of esters is 1. The van der Waals surface area contributed by atoms with Gasteiger partial charge in [-0.3, -0.25) is 4.79 Å². The molecule has 0 radical (unpaired) electrons. The second-order valence-electron chi connectivity index (χ2n) is 5.79. The largest absolute Gasteiger partial charge is 0.466 e. The van der Waals surface area contributed by atoms with E-state index in [0.717, 1.165) is 0 Å². The molecule has 2 atom stereocenters. The Labute approximate surface area is 113 Å². The Hall–Kier alpha value is -1.46. The lowest BCUT2D eigenvalue weighted by Crippen LogP contribution is -2.45. The van der Waals surface area contributed by atoms with Crippen LogP contribution in [0.15, 0.2) is 30.3 Å². The highest BCUT2D eigenvalue weighted by molar-refractivity contribution is 6.79. The lowest BCUT2D eigenvalue weighted by molar-refractivity contribution is -0.144. The Morgan fingerprint density at radius 3 is 2.21 bits per heavy atom. The average Bonchev–Trinajstić information content (AvgIpc) is 3.15. The normalized spacial score (nSPS) is 25.8. The van der Waals surface area contributed by atoms with Gasteiger partial charge in [0.25, 0.3) is 5.60 Å². The maximum absolute atomic E-state index is 12.6. The van der Waals surface area contributed by atoms with Crippen molar-refractivity contribution < 1.29 is 19.1 Å². The van der Waals surface area contributed by atoms with Crippen molar-refractivity contribution in [2.45, 2.75) is 31.0 Å². The number of carbonyl (C=O) groups is 2. The van der Waals surface area contributed by atoms with Crippen LogP contribution < -0.4 is 0 Å². The van der Waals surface area contributed by atoms with Crippen molar-refractivity contribution in [3.8, 4) is 0 Å². The molecule has 0 aromatic heterocycles. The third-order valence-corrected chi connectivity index (χ3v) is 5.36. The zero-order valence-corrected chi connectivity index (χ0v) is 12.6. The smallest absolute Gasteiger partial charge is 0.348 e. The molecular formula is C14H18O4Si. The minimum absolute atomic E-state index is 0.299. The lowest BCUT2D eigenvalue weighted by atomic mass is 9.98. The summed E-state index contributed by atoms with van der Waals surface area (Å²) in [6.07, 6.45) is 0. The van der Waals surface area contributed by atoms with Crippen LogP contribution in [0.3, 0.4) is 0 Å². The van der Waals surface area contributed by atoms with E-state index in [2.05, 4.69) is 19.6 Å². The second-order valence-corrected chi connectivity index (χ2v) is 11.0. The van der Waals surface area contributed by atoms with Crippen molar-refractivity contribution >= 4 is 19.8 Å². The summed E-state index contributed by atoms with van der Waals surface area (Å²) in [6.45, 7) is 6.21. The molecule has 2 unspecified atom stereocenters. The molecule has 1 aromatic rings. The van der Waals surface area contributed by atoms with Gasteiger partial charge in [-0.05, 0) is 0 Å². The van der Waals surface area contributed by atoms with Crippen LogP contribution in [0.1, 0.15) is 10.4 Å². The topological polar surface area (TPSA) is 55.9 Å². The van der Waals surface area contributed by atoms with E-state index in [4.69, 9.17) is 9.47 Å². The highest BCUT2D eigenvalue weighted by Gasteiger charge is 2.72. The standard InChI is InChI=1S/C14H18O4Si/c1-17-12(16)14(13(18-14)19(2,3)4)11(15)10-8-6-5-7-9-10/h5-9,13H,1-4H3. The van der Waals surface area contributed by atoms with Crippen LogP contribution in [0.2, 0.25) is 19.6 Å². The summed E-state index contributed by atoms with van der Waals surface area (Å²) in [5.41, 5.74) is -1.26. The molecule has 1 heterocycles. The fourth-order valence-electron chi connectivity index (χ4n) is 2.31. The number of ketones is 1. The third-order valence-electron chi connectivity index (χ3n) is 3.26. The number of methoxy groups -OCH3 is 1. The van der Waals surface area contributed by atoms with Crippen molar-refractivity contribution in [2.75, 3.05) is 7.11 Å². The van der Waals surface area contributed by atoms with Gasteiger partial charge in [-0.25, -0.2) is 4.79 Å². The van der Waals surface area contributed by atoms with Gasteiger partial charge in [0.15, 0.2) is 0 Å². The van der Waals surface area contributed by atoms with E-state index in [9.17, 15) is 9.59 Å². The van der Waals surface area contributed by atoms with Gasteiger partial charge in [0.2, 0.25) is 5.78 Å². The first-order valence-corrected chi connectivity index (χ1v) is 9.78. The Bertz CT molecular complexity index is 506.